The minimum atomic E-state index is 1.37. The fraction of sp³-hybridized carbons (Fsp3) is 1.00. The van der Waals surface area contributed by atoms with Gasteiger partial charge in [-0.15, -0.1) is 0 Å². The molecule has 0 atom stereocenters. The number of hydrogen-bond donors (Lipinski definition) is 0. The van der Waals surface area contributed by atoms with Gasteiger partial charge in [0.1, 0.15) is 0 Å². The third-order valence-electron chi connectivity index (χ3n) is 2.46. The van der Waals surface area contributed by atoms with Crippen LogP contribution in [0.15, 0.2) is 0 Å². The molecular weight excluding hydrogens is 200 g/mol. The van der Waals surface area contributed by atoms with Crippen molar-refractivity contribution in [1.29, 1.82) is 0 Å². The standard InChI is InChI=1S/C12H26.C2H6S/c1-3-5-7-9-11-12-10-8-6-4-2;1-3-2/h3-12H2,1-2H3;1-2H3. The van der Waals surface area contributed by atoms with E-state index in [4.69, 9.17) is 0 Å². The molecule has 94 valence electrons. The molecule has 0 unspecified atom stereocenters. The van der Waals surface area contributed by atoms with Gasteiger partial charge in [0.15, 0.2) is 0 Å². The highest BCUT2D eigenvalue weighted by atomic mass is 32.2. The van der Waals surface area contributed by atoms with E-state index >= 15 is 0 Å². The summed E-state index contributed by atoms with van der Waals surface area (Å²) in [6, 6.07) is 0. The maximum absolute atomic E-state index is 2.28. The summed E-state index contributed by atoms with van der Waals surface area (Å²) in [5.41, 5.74) is 0. The summed E-state index contributed by atoms with van der Waals surface area (Å²) >= 11 is 1.75. The van der Waals surface area contributed by atoms with E-state index in [1.165, 1.54) is 64.2 Å². The smallest absolute Gasteiger partial charge is 0.0187 e. The average Bonchev–Trinajstić information content (AvgIpc) is 2.23. The van der Waals surface area contributed by atoms with E-state index in [-0.39, 0.29) is 0 Å². The molecule has 0 amide bonds. The molecule has 0 radical (unpaired) electrons. The summed E-state index contributed by atoms with van der Waals surface area (Å²) in [4.78, 5) is 0. The molecule has 0 aliphatic rings. The second-order valence-electron chi connectivity index (χ2n) is 4.24. The van der Waals surface area contributed by atoms with Gasteiger partial charge in [0.25, 0.3) is 0 Å². The predicted molar refractivity (Wildman–Crippen MR) is 77.0 cm³/mol. The summed E-state index contributed by atoms with van der Waals surface area (Å²) in [7, 11) is 0. The molecule has 0 N–H and O–H groups in total. The number of rotatable bonds is 9. The molecule has 0 aliphatic carbocycles. The van der Waals surface area contributed by atoms with E-state index in [1.807, 2.05) is 12.5 Å². The molecule has 0 saturated heterocycles. The Bertz CT molecular complexity index is 71.4. The van der Waals surface area contributed by atoms with Crippen LogP contribution in [0.1, 0.15) is 78.1 Å². The summed E-state index contributed by atoms with van der Waals surface area (Å²) in [5.74, 6) is 0. The van der Waals surface area contributed by atoms with E-state index in [2.05, 4.69) is 13.8 Å². The molecule has 0 nitrogen and oxygen atoms in total. The molecule has 0 fully saturated rings. The van der Waals surface area contributed by atoms with E-state index in [0.29, 0.717) is 0 Å². The van der Waals surface area contributed by atoms with Crippen LogP contribution >= 0.6 is 11.8 Å². The molecule has 0 aromatic heterocycles. The summed E-state index contributed by atoms with van der Waals surface area (Å²) in [5, 5.41) is 0. The first-order valence-corrected chi connectivity index (χ1v) is 8.36. The van der Waals surface area contributed by atoms with Crippen LogP contribution in [0.2, 0.25) is 0 Å². The van der Waals surface area contributed by atoms with Crippen molar-refractivity contribution < 1.29 is 0 Å². The van der Waals surface area contributed by atoms with Gasteiger partial charge in [0, 0.05) is 0 Å². The van der Waals surface area contributed by atoms with Crippen molar-refractivity contribution in [3.05, 3.63) is 0 Å². The lowest BCUT2D eigenvalue weighted by atomic mass is 10.1. The Morgan fingerprint density at radius 1 is 0.533 bits per heavy atom. The van der Waals surface area contributed by atoms with E-state index < -0.39 is 0 Å². The van der Waals surface area contributed by atoms with Gasteiger partial charge in [-0.3, -0.25) is 0 Å². The van der Waals surface area contributed by atoms with Gasteiger partial charge >= 0.3 is 0 Å². The zero-order chi connectivity index (χ0) is 11.8. The Kier molecular flexibility index (Phi) is 23.5. The topological polar surface area (TPSA) is 0 Å². The highest BCUT2D eigenvalue weighted by Crippen LogP contribution is 2.09. The Morgan fingerprint density at radius 3 is 0.933 bits per heavy atom. The summed E-state index contributed by atoms with van der Waals surface area (Å²) in [6.07, 6.45) is 18.5. The molecule has 0 spiro atoms. The van der Waals surface area contributed by atoms with Crippen LogP contribution in [0, 0.1) is 0 Å². The summed E-state index contributed by atoms with van der Waals surface area (Å²) in [6.45, 7) is 4.56. The quantitative estimate of drug-likeness (QED) is 0.446. The van der Waals surface area contributed by atoms with Crippen LogP contribution in [0.5, 0.6) is 0 Å². The summed E-state index contributed by atoms with van der Waals surface area (Å²) < 4.78 is 0. The first-order chi connectivity index (χ1) is 7.33. The Labute approximate surface area is 103 Å². The maximum Gasteiger partial charge on any atom is -0.0187 e. The number of hydrogen-bond acceptors (Lipinski definition) is 1. The van der Waals surface area contributed by atoms with Crippen LogP contribution in [-0.4, -0.2) is 12.5 Å². The van der Waals surface area contributed by atoms with Crippen LogP contribution in [0.25, 0.3) is 0 Å². The number of unbranched alkanes of at least 4 members (excludes halogenated alkanes) is 9. The SMILES string of the molecule is CCCCCCCCCCCC.CSC. The Morgan fingerprint density at radius 2 is 0.733 bits per heavy atom. The van der Waals surface area contributed by atoms with Crippen molar-refractivity contribution in [2.24, 2.45) is 0 Å². The molecule has 0 bridgehead atoms. The van der Waals surface area contributed by atoms with Crippen LogP contribution in [0.3, 0.4) is 0 Å². The second-order valence-corrected chi connectivity index (χ2v) is 5.05. The van der Waals surface area contributed by atoms with Gasteiger partial charge in [-0.1, -0.05) is 78.1 Å². The first kappa shape index (κ1) is 17.7. The van der Waals surface area contributed by atoms with Crippen molar-refractivity contribution in [3.63, 3.8) is 0 Å². The van der Waals surface area contributed by atoms with Gasteiger partial charge in [0.2, 0.25) is 0 Å². The van der Waals surface area contributed by atoms with E-state index in [0.717, 1.165) is 0 Å². The van der Waals surface area contributed by atoms with Crippen molar-refractivity contribution in [2.45, 2.75) is 78.1 Å². The monoisotopic (exact) mass is 232 g/mol. The minimum absolute atomic E-state index is 1.37. The molecule has 15 heavy (non-hydrogen) atoms. The minimum Gasteiger partial charge on any atom is -0.169 e. The lowest BCUT2D eigenvalue weighted by Gasteiger charge is -1.99. The number of thioether (sulfide) groups is 1. The first-order valence-electron chi connectivity index (χ1n) is 6.73. The van der Waals surface area contributed by atoms with Gasteiger partial charge in [-0.2, -0.15) is 11.8 Å². The third kappa shape index (κ3) is 25.0. The van der Waals surface area contributed by atoms with Gasteiger partial charge in [-0.05, 0) is 12.5 Å². The largest absolute Gasteiger partial charge is 0.169 e. The molecule has 0 saturated carbocycles. The lowest BCUT2D eigenvalue weighted by Crippen LogP contribution is -1.80. The van der Waals surface area contributed by atoms with Gasteiger partial charge in [0.05, 0.1) is 0 Å². The lowest BCUT2D eigenvalue weighted by molar-refractivity contribution is 0.562. The molecular formula is C14H32S. The highest BCUT2D eigenvalue weighted by Gasteiger charge is 1.90. The highest BCUT2D eigenvalue weighted by molar-refractivity contribution is 7.97. The van der Waals surface area contributed by atoms with E-state index in [1.54, 1.807) is 11.8 Å². The van der Waals surface area contributed by atoms with Gasteiger partial charge < -0.3 is 0 Å². The fourth-order valence-electron chi connectivity index (χ4n) is 1.56. The van der Waals surface area contributed by atoms with Gasteiger partial charge in [-0.25, -0.2) is 0 Å². The molecule has 0 heterocycles. The van der Waals surface area contributed by atoms with Crippen LogP contribution < -0.4 is 0 Å². The predicted octanol–water partition coefficient (Wildman–Crippen LogP) is 5.91. The average molecular weight is 232 g/mol. The van der Waals surface area contributed by atoms with Crippen molar-refractivity contribution in [3.8, 4) is 0 Å². The molecule has 0 aromatic rings. The van der Waals surface area contributed by atoms with Crippen molar-refractivity contribution >= 4 is 11.8 Å². The maximum atomic E-state index is 2.28. The Balaban J connectivity index is 0. The normalized spacial score (nSPS) is 9.60. The Hall–Kier alpha value is 0.350. The van der Waals surface area contributed by atoms with Crippen LogP contribution in [0.4, 0.5) is 0 Å². The van der Waals surface area contributed by atoms with Crippen LogP contribution in [-0.2, 0) is 0 Å². The van der Waals surface area contributed by atoms with E-state index in [9.17, 15) is 0 Å². The zero-order valence-electron chi connectivity index (χ0n) is 11.5. The third-order valence-corrected chi connectivity index (χ3v) is 2.46. The van der Waals surface area contributed by atoms with Crippen molar-refractivity contribution in [1.82, 2.24) is 0 Å². The molecule has 0 rings (SSSR count). The molecule has 0 aliphatic heterocycles. The van der Waals surface area contributed by atoms with Crippen molar-refractivity contribution in [2.75, 3.05) is 12.5 Å². The molecule has 0 aromatic carbocycles. The fourth-order valence-corrected chi connectivity index (χ4v) is 1.56. The zero-order valence-corrected chi connectivity index (χ0v) is 12.3. The molecule has 1 heteroatoms. The second kappa shape index (κ2) is 19.9.